The van der Waals surface area contributed by atoms with Gasteiger partial charge in [-0.25, -0.2) is 0 Å². The number of hydrogen-bond donors (Lipinski definition) is 1. The number of nitrogens with zero attached hydrogens (tertiary/aromatic N) is 1. The second-order valence-corrected chi connectivity index (χ2v) is 8.22. The Kier molecular flexibility index (Phi) is 2.24. The molecule has 7 atom stereocenters. The molecule has 1 N–H and O–H groups in total. The van der Waals surface area contributed by atoms with E-state index in [1.165, 1.54) is 0 Å². The Hall–Kier alpha value is -2.14. The normalized spacial score (nSPS) is 48.2. The van der Waals surface area contributed by atoms with E-state index < -0.39 is 10.8 Å². The Morgan fingerprint density at radius 1 is 1.36 bits per heavy atom. The van der Waals surface area contributed by atoms with Gasteiger partial charge in [0.1, 0.15) is 5.41 Å². The average molecular weight is 336 g/mol. The molecule has 0 radical (unpaired) electrons. The minimum atomic E-state index is -0.794. The van der Waals surface area contributed by atoms with Crippen LogP contribution < -0.4 is 5.32 Å². The van der Waals surface area contributed by atoms with Crippen LogP contribution in [0.3, 0.4) is 0 Å². The quantitative estimate of drug-likeness (QED) is 0.792. The predicted molar refractivity (Wildman–Crippen MR) is 90.8 cm³/mol. The smallest absolute Gasteiger partial charge is 0.238 e. The lowest BCUT2D eigenvalue weighted by Gasteiger charge is -2.53. The van der Waals surface area contributed by atoms with Gasteiger partial charge in [0, 0.05) is 30.6 Å². The first kappa shape index (κ1) is 14.1. The first-order valence-electron chi connectivity index (χ1n) is 9.02. The van der Waals surface area contributed by atoms with E-state index >= 15 is 0 Å². The molecule has 2 aliphatic carbocycles. The van der Waals surface area contributed by atoms with Crippen LogP contribution in [0.25, 0.3) is 0 Å². The maximum absolute atomic E-state index is 13.4. The third-order valence-corrected chi connectivity index (χ3v) is 7.85. The highest BCUT2D eigenvalue weighted by Crippen LogP contribution is 2.73. The van der Waals surface area contributed by atoms with Gasteiger partial charge in [-0.15, -0.1) is 6.58 Å². The van der Waals surface area contributed by atoms with Crippen molar-refractivity contribution >= 4 is 17.5 Å². The third kappa shape index (κ3) is 1.14. The van der Waals surface area contributed by atoms with Crippen LogP contribution in [0.2, 0.25) is 0 Å². The summed E-state index contributed by atoms with van der Waals surface area (Å²) in [6.45, 7) is 4.70. The fourth-order valence-electron chi connectivity index (χ4n) is 7.17. The van der Waals surface area contributed by atoms with Crippen molar-refractivity contribution in [1.82, 2.24) is 4.90 Å². The van der Waals surface area contributed by atoms with Gasteiger partial charge in [-0.3, -0.25) is 9.59 Å². The van der Waals surface area contributed by atoms with Crippen molar-refractivity contribution in [1.29, 1.82) is 0 Å². The maximum Gasteiger partial charge on any atom is 0.238 e. The highest BCUT2D eigenvalue weighted by Gasteiger charge is 2.82. The average Bonchev–Trinajstić information content (AvgIpc) is 3.08. The molecular formula is C20H20N2O3. The Bertz CT molecular complexity index is 866. The molecular weight excluding hydrogens is 316 g/mol. The van der Waals surface area contributed by atoms with Crippen LogP contribution in [0, 0.1) is 23.2 Å². The van der Waals surface area contributed by atoms with Gasteiger partial charge >= 0.3 is 0 Å². The lowest BCUT2D eigenvalue weighted by atomic mass is 9.51. The summed E-state index contributed by atoms with van der Waals surface area (Å²) in [5.74, 6) is 0.560. The van der Waals surface area contributed by atoms with Crippen LogP contribution in [0.15, 0.2) is 36.9 Å². The van der Waals surface area contributed by atoms with Crippen LogP contribution >= 0.6 is 0 Å². The summed E-state index contributed by atoms with van der Waals surface area (Å²) >= 11 is 0. The van der Waals surface area contributed by atoms with Gasteiger partial charge in [-0.1, -0.05) is 24.3 Å². The maximum atomic E-state index is 13.4. The molecule has 5 aliphatic rings. The zero-order valence-corrected chi connectivity index (χ0v) is 14.1. The number of nitrogens with one attached hydrogen (secondary N) is 1. The molecule has 128 valence electrons. The highest BCUT2D eigenvalue weighted by atomic mass is 16.5. The lowest BCUT2D eigenvalue weighted by molar-refractivity contribution is -0.167. The molecule has 3 heterocycles. The molecule has 1 spiro atoms. The number of para-hydroxylation sites is 1. The lowest BCUT2D eigenvalue weighted by Crippen LogP contribution is -2.63. The van der Waals surface area contributed by atoms with Crippen molar-refractivity contribution < 1.29 is 14.3 Å². The van der Waals surface area contributed by atoms with Gasteiger partial charge in [0.25, 0.3) is 0 Å². The number of likely N-dealkylation sites (tertiary alicyclic amines) is 1. The summed E-state index contributed by atoms with van der Waals surface area (Å²) in [6.07, 6.45) is 2.45. The molecule has 1 aromatic rings. The molecule has 25 heavy (non-hydrogen) atoms. The zero-order valence-electron chi connectivity index (χ0n) is 14.1. The monoisotopic (exact) mass is 336 g/mol. The van der Waals surface area contributed by atoms with E-state index in [1.54, 1.807) is 0 Å². The van der Waals surface area contributed by atoms with Crippen LogP contribution in [-0.2, 0) is 19.7 Å². The van der Waals surface area contributed by atoms with Crippen LogP contribution in [0.1, 0.15) is 12.0 Å². The van der Waals surface area contributed by atoms with Crippen molar-refractivity contribution in [3.63, 3.8) is 0 Å². The summed E-state index contributed by atoms with van der Waals surface area (Å²) < 4.78 is 6.26. The topological polar surface area (TPSA) is 58.6 Å². The van der Waals surface area contributed by atoms with Crippen molar-refractivity contribution in [2.75, 3.05) is 19.0 Å². The molecule has 5 nitrogen and oxygen atoms in total. The second-order valence-electron chi connectivity index (χ2n) is 8.22. The van der Waals surface area contributed by atoms with E-state index in [0.29, 0.717) is 12.5 Å². The standard InChI is InChI=1S/C20H20N2O3/c1-3-19-12-8-14-20(11-6-4-5-7-13(11)21-17(20)23)16(19)15(10(12)9-25-14)22(2)18(19)24/h3-7,10,12,14-16H,1,8-9H2,2H3,(H,21,23)/t10-,12+,14+,15?,16-,19-,20-/m0/s1. The molecule has 2 saturated heterocycles. The highest BCUT2D eigenvalue weighted by molar-refractivity contribution is 6.09. The number of ether oxygens (including phenoxy) is 1. The first-order valence-corrected chi connectivity index (χ1v) is 9.02. The van der Waals surface area contributed by atoms with Crippen molar-refractivity contribution in [2.24, 2.45) is 23.2 Å². The number of piperidine rings is 1. The van der Waals surface area contributed by atoms with Gasteiger partial charge in [-0.2, -0.15) is 0 Å². The van der Waals surface area contributed by atoms with E-state index in [-0.39, 0.29) is 35.8 Å². The Morgan fingerprint density at radius 3 is 2.96 bits per heavy atom. The van der Waals surface area contributed by atoms with E-state index in [2.05, 4.69) is 11.9 Å². The predicted octanol–water partition coefficient (Wildman–Crippen LogP) is 1.55. The minimum absolute atomic E-state index is 0.0102. The SMILES string of the molecule is C=C[C@]12C(=O)N(C)C3[C@H]4CO[C@H](C[C@H]41)[C@]1(C(=O)Nc4ccccc41)[C@@H]32. The molecule has 6 rings (SSSR count). The molecule has 1 aromatic carbocycles. The molecule has 3 aliphatic heterocycles. The van der Waals surface area contributed by atoms with Gasteiger partial charge < -0.3 is 15.0 Å². The number of carbonyl (C=O) groups excluding carboxylic acids is 2. The minimum Gasteiger partial charge on any atom is -0.376 e. The number of amides is 2. The number of anilines is 1. The summed E-state index contributed by atoms with van der Waals surface area (Å²) in [5.41, 5.74) is 0.422. The van der Waals surface area contributed by atoms with E-state index in [4.69, 9.17) is 4.74 Å². The summed E-state index contributed by atoms with van der Waals surface area (Å²) in [5, 5.41) is 3.08. The molecule has 5 bridgehead atoms. The number of carbonyl (C=O) groups is 2. The summed E-state index contributed by atoms with van der Waals surface area (Å²) in [4.78, 5) is 28.5. The molecule has 1 unspecified atom stereocenters. The third-order valence-electron chi connectivity index (χ3n) is 7.85. The van der Waals surface area contributed by atoms with E-state index in [0.717, 1.165) is 17.7 Å². The van der Waals surface area contributed by atoms with Gasteiger partial charge in [0.2, 0.25) is 11.8 Å². The molecule has 4 fully saturated rings. The Morgan fingerprint density at radius 2 is 2.16 bits per heavy atom. The zero-order chi connectivity index (χ0) is 17.1. The van der Waals surface area contributed by atoms with E-state index in [9.17, 15) is 9.59 Å². The van der Waals surface area contributed by atoms with Gasteiger partial charge in [0.05, 0.1) is 18.1 Å². The van der Waals surface area contributed by atoms with Crippen molar-refractivity contribution in [2.45, 2.75) is 24.0 Å². The van der Waals surface area contributed by atoms with Crippen molar-refractivity contribution in [3.05, 3.63) is 42.5 Å². The second kappa shape index (κ2) is 3.98. The molecule has 2 saturated carbocycles. The van der Waals surface area contributed by atoms with Crippen LogP contribution in [-0.4, -0.2) is 42.5 Å². The Labute approximate surface area is 146 Å². The summed E-state index contributed by atoms with van der Waals surface area (Å²) in [7, 11) is 1.88. The fourth-order valence-corrected chi connectivity index (χ4v) is 7.17. The number of rotatable bonds is 1. The molecule has 0 aromatic heterocycles. The molecule has 5 heteroatoms. The number of benzene rings is 1. The first-order chi connectivity index (χ1) is 12.1. The number of hydrogen-bond acceptors (Lipinski definition) is 3. The van der Waals surface area contributed by atoms with Crippen molar-refractivity contribution in [3.8, 4) is 0 Å². The summed E-state index contributed by atoms with van der Waals surface area (Å²) in [6, 6.07) is 7.93. The van der Waals surface area contributed by atoms with Crippen LogP contribution in [0.4, 0.5) is 5.69 Å². The van der Waals surface area contributed by atoms with Gasteiger partial charge in [0.15, 0.2) is 0 Å². The number of fused-ring (bicyclic) bond motifs is 5. The molecule has 2 amide bonds. The largest absolute Gasteiger partial charge is 0.376 e. The Balaban J connectivity index is 1.71. The van der Waals surface area contributed by atoms with Crippen LogP contribution in [0.5, 0.6) is 0 Å². The fraction of sp³-hybridized carbons (Fsp3) is 0.500. The van der Waals surface area contributed by atoms with Gasteiger partial charge in [-0.05, 0) is 24.0 Å². The van der Waals surface area contributed by atoms with E-state index in [1.807, 2.05) is 42.3 Å².